The lowest BCUT2D eigenvalue weighted by Gasteiger charge is -1.95. The zero-order chi connectivity index (χ0) is 9.23. The van der Waals surface area contributed by atoms with E-state index in [9.17, 15) is 4.79 Å². The largest absolute Gasteiger partial charge is 0.395 e. The van der Waals surface area contributed by atoms with E-state index < -0.39 is 0 Å². The zero-order valence-corrected chi connectivity index (χ0v) is 7.55. The molecule has 0 saturated carbocycles. The first-order valence-electron chi connectivity index (χ1n) is 4.32. The quantitative estimate of drug-likeness (QED) is 0.433. The van der Waals surface area contributed by atoms with Gasteiger partial charge in [0.15, 0.2) is 5.78 Å². The molecule has 0 bridgehead atoms. The Balaban J connectivity index is 3.29. The van der Waals surface area contributed by atoms with Gasteiger partial charge in [-0.05, 0) is 12.5 Å². The van der Waals surface area contributed by atoms with Gasteiger partial charge in [-0.25, -0.2) is 0 Å². The Bertz CT molecular complexity index is 143. The fraction of sp³-hybridized carbons (Fsp3) is 0.667. The van der Waals surface area contributed by atoms with Crippen LogP contribution >= 0.6 is 0 Å². The Morgan fingerprint density at radius 1 is 1.58 bits per heavy atom. The van der Waals surface area contributed by atoms with Crippen LogP contribution in [0.5, 0.6) is 0 Å². The van der Waals surface area contributed by atoms with Gasteiger partial charge >= 0.3 is 0 Å². The molecule has 0 unspecified atom stereocenters. The summed E-state index contributed by atoms with van der Waals surface area (Å²) in [5.41, 5.74) is 0. The number of allylic oxidation sites excluding steroid dienone is 1. The molecule has 0 atom stereocenters. The molecule has 3 heteroatoms. The molecule has 0 amide bonds. The third-order valence-corrected chi connectivity index (χ3v) is 1.35. The molecular weight excluding hydrogens is 154 g/mol. The van der Waals surface area contributed by atoms with Crippen LogP contribution in [0.1, 0.15) is 19.8 Å². The maximum Gasteiger partial charge on any atom is 0.155 e. The van der Waals surface area contributed by atoms with Crippen molar-refractivity contribution in [1.82, 2.24) is 5.32 Å². The third-order valence-electron chi connectivity index (χ3n) is 1.35. The summed E-state index contributed by atoms with van der Waals surface area (Å²) in [6.07, 6.45) is 4.89. The van der Waals surface area contributed by atoms with E-state index in [0.29, 0.717) is 19.5 Å². The topological polar surface area (TPSA) is 49.3 Å². The number of carbonyl (C=O) groups is 1. The van der Waals surface area contributed by atoms with E-state index in [1.807, 2.05) is 6.92 Å². The molecule has 3 nitrogen and oxygen atoms in total. The van der Waals surface area contributed by atoms with Gasteiger partial charge in [0.25, 0.3) is 0 Å². The van der Waals surface area contributed by atoms with Crippen molar-refractivity contribution in [3.05, 3.63) is 12.2 Å². The molecule has 70 valence electrons. The minimum absolute atomic E-state index is 0.136. The SMILES string of the molecule is CCCC(=O)/C=C/CNCCO. The fourth-order valence-corrected chi connectivity index (χ4v) is 0.785. The van der Waals surface area contributed by atoms with Gasteiger partial charge in [-0.3, -0.25) is 4.79 Å². The zero-order valence-electron chi connectivity index (χ0n) is 7.55. The summed E-state index contributed by atoms with van der Waals surface area (Å²) >= 11 is 0. The second-order valence-electron chi connectivity index (χ2n) is 2.55. The molecule has 0 radical (unpaired) electrons. The van der Waals surface area contributed by atoms with Crippen molar-refractivity contribution in [2.75, 3.05) is 19.7 Å². The molecule has 0 heterocycles. The van der Waals surface area contributed by atoms with E-state index in [0.717, 1.165) is 6.42 Å². The number of aliphatic hydroxyl groups is 1. The lowest BCUT2D eigenvalue weighted by molar-refractivity contribution is -0.114. The minimum atomic E-state index is 0.136. The normalized spacial score (nSPS) is 10.8. The number of hydrogen-bond donors (Lipinski definition) is 2. The van der Waals surface area contributed by atoms with Crippen molar-refractivity contribution in [2.24, 2.45) is 0 Å². The van der Waals surface area contributed by atoms with Gasteiger partial charge in [0, 0.05) is 19.5 Å². The van der Waals surface area contributed by atoms with Crippen LogP contribution in [-0.2, 0) is 4.79 Å². The van der Waals surface area contributed by atoms with Gasteiger partial charge in [-0.2, -0.15) is 0 Å². The number of ketones is 1. The van der Waals surface area contributed by atoms with Crippen molar-refractivity contribution < 1.29 is 9.90 Å². The standard InChI is InChI=1S/C9H17NO2/c1-2-4-9(12)5-3-6-10-7-8-11/h3,5,10-11H,2,4,6-8H2,1H3/b5-3+. The van der Waals surface area contributed by atoms with Gasteiger partial charge in [0.05, 0.1) is 6.61 Å². The van der Waals surface area contributed by atoms with E-state index in [2.05, 4.69) is 5.32 Å². The highest BCUT2D eigenvalue weighted by Gasteiger charge is 1.91. The first-order valence-corrected chi connectivity index (χ1v) is 4.32. The number of aliphatic hydroxyl groups excluding tert-OH is 1. The van der Waals surface area contributed by atoms with Crippen LogP contribution < -0.4 is 5.32 Å². The molecule has 0 rings (SSSR count). The Labute approximate surface area is 73.5 Å². The maximum atomic E-state index is 10.9. The number of nitrogens with one attached hydrogen (secondary N) is 1. The number of carbonyl (C=O) groups excluding carboxylic acids is 1. The molecule has 0 aromatic rings. The third kappa shape index (κ3) is 7.44. The van der Waals surface area contributed by atoms with E-state index in [4.69, 9.17) is 5.11 Å². The molecule has 0 aromatic carbocycles. The van der Waals surface area contributed by atoms with Crippen LogP contribution in [0.15, 0.2) is 12.2 Å². The van der Waals surface area contributed by atoms with Crippen LogP contribution in [0.2, 0.25) is 0 Å². The Morgan fingerprint density at radius 3 is 2.92 bits per heavy atom. The van der Waals surface area contributed by atoms with Crippen LogP contribution in [0.4, 0.5) is 0 Å². The van der Waals surface area contributed by atoms with Crippen molar-refractivity contribution in [3.63, 3.8) is 0 Å². The van der Waals surface area contributed by atoms with Gasteiger partial charge in [0.1, 0.15) is 0 Å². The fourth-order valence-electron chi connectivity index (χ4n) is 0.785. The van der Waals surface area contributed by atoms with Crippen LogP contribution in [0, 0.1) is 0 Å². The van der Waals surface area contributed by atoms with Gasteiger partial charge in [-0.1, -0.05) is 13.0 Å². The van der Waals surface area contributed by atoms with Crippen molar-refractivity contribution in [1.29, 1.82) is 0 Å². The van der Waals surface area contributed by atoms with Crippen molar-refractivity contribution >= 4 is 5.78 Å². The summed E-state index contributed by atoms with van der Waals surface area (Å²) in [6, 6.07) is 0. The second-order valence-corrected chi connectivity index (χ2v) is 2.55. The summed E-state index contributed by atoms with van der Waals surface area (Å²) in [7, 11) is 0. The Kier molecular flexibility index (Phi) is 7.96. The molecule has 0 aliphatic heterocycles. The molecule has 0 aliphatic carbocycles. The molecule has 2 N–H and O–H groups in total. The minimum Gasteiger partial charge on any atom is -0.395 e. The van der Waals surface area contributed by atoms with Gasteiger partial charge in [0.2, 0.25) is 0 Å². The molecule has 12 heavy (non-hydrogen) atoms. The molecule has 0 aromatic heterocycles. The van der Waals surface area contributed by atoms with E-state index >= 15 is 0 Å². The Morgan fingerprint density at radius 2 is 2.33 bits per heavy atom. The Hall–Kier alpha value is -0.670. The average molecular weight is 171 g/mol. The van der Waals surface area contributed by atoms with Crippen LogP contribution in [0.25, 0.3) is 0 Å². The van der Waals surface area contributed by atoms with Gasteiger partial charge < -0.3 is 10.4 Å². The first kappa shape index (κ1) is 11.3. The lowest BCUT2D eigenvalue weighted by atomic mass is 10.2. The summed E-state index contributed by atoms with van der Waals surface area (Å²) in [6.45, 7) is 3.34. The summed E-state index contributed by atoms with van der Waals surface area (Å²) in [4.78, 5) is 10.9. The van der Waals surface area contributed by atoms with E-state index in [1.165, 1.54) is 0 Å². The first-order chi connectivity index (χ1) is 5.81. The lowest BCUT2D eigenvalue weighted by Crippen LogP contribution is -2.17. The van der Waals surface area contributed by atoms with Crippen molar-refractivity contribution in [3.8, 4) is 0 Å². The molecule has 0 fully saturated rings. The summed E-state index contributed by atoms with van der Waals surface area (Å²) in [5.74, 6) is 0.170. The van der Waals surface area contributed by atoms with E-state index in [1.54, 1.807) is 12.2 Å². The molecule has 0 aliphatic rings. The second kappa shape index (κ2) is 8.43. The maximum absolute atomic E-state index is 10.9. The van der Waals surface area contributed by atoms with E-state index in [-0.39, 0.29) is 12.4 Å². The molecular formula is C9H17NO2. The summed E-state index contributed by atoms with van der Waals surface area (Å²) < 4.78 is 0. The smallest absolute Gasteiger partial charge is 0.155 e. The van der Waals surface area contributed by atoms with Crippen LogP contribution in [0.3, 0.4) is 0 Å². The average Bonchev–Trinajstić information content (AvgIpc) is 2.05. The highest BCUT2D eigenvalue weighted by Crippen LogP contribution is 1.89. The monoisotopic (exact) mass is 171 g/mol. The predicted octanol–water partition coefficient (Wildman–Crippen LogP) is 0.494. The highest BCUT2D eigenvalue weighted by molar-refractivity contribution is 5.89. The summed E-state index contributed by atoms with van der Waals surface area (Å²) in [5, 5.41) is 11.3. The highest BCUT2D eigenvalue weighted by atomic mass is 16.3. The van der Waals surface area contributed by atoms with Crippen molar-refractivity contribution in [2.45, 2.75) is 19.8 Å². The predicted molar refractivity (Wildman–Crippen MR) is 49.0 cm³/mol. The van der Waals surface area contributed by atoms with Crippen LogP contribution in [-0.4, -0.2) is 30.6 Å². The number of rotatable bonds is 7. The molecule has 0 saturated heterocycles. The van der Waals surface area contributed by atoms with Gasteiger partial charge in [-0.15, -0.1) is 0 Å². The number of hydrogen-bond acceptors (Lipinski definition) is 3. The molecule has 0 spiro atoms.